The number of hydrogen-bond acceptors (Lipinski definition) is 7. The third-order valence-corrected chi connectivity index (χ3v) is 4.84. The van der Waals surface area contributed by atoms with Crippen LogP contribution >= 0.6 is 11.6 Å². The van der Waals surface area contributed by atoms with E-state index in [1.165, 1.54) is 30.3 Å². The van der Waals surface area contributed by atoms with Crippen molar-refractivity contribution >= 4 is 40.5 Å². The van der Waals surface area contributed by atoms with E-state index >= 15 is 0 Å². The fraction of sp³-hybridized carbons (Fsp3) is 0.0909. The Hall–Kier alpha value is -4.31. The van der Waals surface area contributed by atoms with Gasteiger partial charge in [-0.05, 0) is 12.1 Å². The lowest BCUT2D eigenvalue weighted by atomic mass is 10.1. The number of amides is 1. The molecule has 3 aromatic carbocycles. The van der Waals surface area contributed by atoms with Crippen molar-refractivity contribution in [1.29, 1.82) is 0 Å². The third kappa shape index (κ3) is 5.89. The lowest BCUT2D eigenvalue weighted by Crippen LogP contribution is -2.26. The monoisotopic (exact) mass is 469 g/mol. The SMILES string of the molecule is O=C(Cc1ccccc1[N+](=O)[O-])OC(C(=O)Nc1ccc(Cl)c([N+](=O)[O-])c1)c1ccccc1. The summed E-state index contributed by atoms with van der Waals surface area (Å²) in [6.07, 6.45) is -1.84. The maximum Gasteiger partial charge on any atom is 0.311 e. The number of halogens is 1. The highest BCUT2D eigenvalue weighted by Crippen LogP contribution is 2.29. The third-order valence-electron chi connectivity index (χ3n) is 4.52. The van der Waals surface area contributed by atoms with Gasteiger partial charge in [-0.3, -0.25) is 29.8 Å². The van der Waals surface area contributed by atoms with Gasteiger partial charge in [0.25, 0.3) is 17.3 Å². The van der Waals surface area contributed by atoms with E-state index in [4.69, 9.17) is 16.3 Å². The minimum absolute atomic E-state index is 0.0757. The molecule has 3 aromatic rings. The number of benzene rings is 3. The molecule has 0 aliphatic rings. The zero-order valence-corrected chi connectivity index (χ0v) is 17.6. The predicted molar refractivity (Wildman–Crippen MR) is 119 cm³/mol. The van der Waals surface area contributed by atoms with Crippen LogP contribution in [0.25, 0.3) is 0 Å². The van der Waals surface area contributed by atoms with Crippen molar-refractivity contribution in [3.63, 3.8) is 0 Å². The van der Waals surface area contributed by atoms with E-state index in [2.05, 4.69) is 5.32 Å². The largest absolute Gasteiger partial charge is 0.447 e. The maximum absolute atomic E-state index is 12.9. The van der Waals surface area contributed by atoms with Crippen molar-refractivity contribution in [2.75, 3.05) is 5.32 Å². The van der Waals surface area contributed by atoms with Crippen LogP contribution in [0.15, 0.2) is 72.8 Å². The molecule has 1 amide bonds. The summed E-state index contributed by atoms with van der Waals surface area (Å²) in [5.41, 5.74) is -0.100. The van der Waals surface area contributed by atoms with Gasteiger partial charge in [0.15, 0.2) is 0 Å². The number of ether oxygens (including phenoxy) is 1. The van der Waals surface area contributed by atoms with Crippen molar-refractivity contribution in [3.05, 3.63) is 109 Å². The van der Waals surface area contributed by atoms with Crippen molar-refractivity contribution in [1.82, 2.24) is 0 Å². The van der Waals surface area contributed by atoms with Gasteiger partial charge in [0.05, 0.1) is 16.3 Å². The Morgan fingerprint density at radius 1 is 0.909 bits per heavy atom. The summed E-state index contributed by atoms with van der Waals surface area (Å²) in [5, 5.41) is 24.7. The van der Waals surface area contributed by atoms with Crippen LogP contribution in [0.4, 0.5) is 17.1 Å². The van der Waals surface area contributed by atoms with Crippen LogP contribution in [0.3, 0.4) is 0 Å². The van der Waals surface area contributed by atoms with E-state index < -0.39 is 39.9 Å². The number of anilines is 1. The maximum atomic E-state index is 12.9. The summed E-state index contributed by atoms with van der Waals surface area (Å²) < 4.78 is 5.38. The Morgan fingerprint density at radius 3 is 2.21 bits per heavy atom. The molecule has 10 nitrogen and oxygen atoms in total. The second-order valence-electron chi connectivity index (χ2n) is 6.76. The number of carbonyl (C=O) groups excluding carboxylic acids is 2. The average molecular weight is 470 g/mol. The summed E-state index contributed by atoms with van der Waals surface area (Å²) in [7, 11) is 0. The summed E-state index contributed by atoms with van der Waals surface area (Å²) >= 11 is 5.80. The number of nitrogens with one attached hydrogen (secondary N) is 1. The van der Waals surface area contributed by atoms with Gasteiger partial charge in [-0.2, -0.15) is 0 Å². The molecular weight excluding hydrogens is 454 g/mol. The van der Waals surface area contributed by atoms with Crippen LogP contribution in [0.1, 0.15) is 17.2 Å². The van der Waals surface area contributed by atoms with Crippen LogP contribution in [-0.2, 0) is 20.7 Å². The van der Waals surface area contributed by atoms with Crippen LogP contribution in [0.5, 0.6) is 0 Å². The first-order valence-electron chi connectivity index (χ1n) is 9.48. The van der Waals surface area contributed by atoms with E-state index in [1.807, 2.05) is 0 Å². The fourth-order valence-electron chi connectivity index (χ4n) is 3.01. The molecule has 0 fully saturated rings. The molecule has 0 aliphatic carbocycles. The number of nitrogens with zero attached hydrogens (tertiary/aromatic N) is 2. The van der Waals surface area contributed by atoms with Crippen LogP contribution in [-0.4, -0.2) is 21.7 Å². The lowest BCUT2D eigenvalue weighted by Gasteiger charge is -2.18. The van der Waals surface area contributed by atoms with Crippen molar-refractivity contribution in [3.8, 4) is 0 Å². The molecule has 0 radical (unpaired) electrons. The van der Waals surface area contributed by atoms with Crippen LogP contribution < -0.4 is 5.32 Å². The zero-order valence-electron chi connectivity index (χ0n) is 16.8. The first-order valence-corrected chi connectivity index (χ1v) is 9.85. The molecule has 1 N–H and O–H groups in total. The zero-order chi connectivity index (χ0) is 24.0. The lowest BCUT2D eigenvalue weighted by molar-refractivity contribution is -0.385. The van der Waals surface area contributed by atoms with E-state index in [-0.39, 0.29) is 22.0 Å². The van der Waals surface area contributed by atoms with Gasteiger partial charge in [-0.15, -0.1) is 0 Å². The first kappa shape index (κ1) is 23.4. The standard InChI is InChI=1S/C22H16ClN3O7/c23-17-11-10-16(13-19(17)26(31)32)24-22(28)21(14-6-2-1-3-7-14)33-20(27)12-15-8-4-5-9-18(15)25(29)30/h1-11,13,21H,12H2,(H,24,28). The molecule has 0 saturated carbocycles. The molecular formula is C22H16ClN3O7. The van der Waals surface area contributed by atoms with Gasteiger partial charge in [-0.25, -0.2) is 0 Å². The molecule has 0 spiro atoms. The highest BCUT2D eigenvalue weighted by atomic mass is 35.5. The average Bonchev–Trinajstić information content (AvgIpc) is 2.79. The summed E-state index contributed by atoms with van der Waals surface area (Å²) in [6, 6.07) is 17.5. The van der Waals surface area contributed by atoms with Gasteiger partial charge in [0, 0.05) is 28.9 Å². The topological polar surface area (TPSA) is 142 Å². The number of hydrogen-bond donors (Lipinski definition) is 1. The van der Waals surface area contributed by atoms with Crippen LogP contribution in [0, 0.1) is 20.2 Å². The molecule has 0 aliphatic heterocycles. The molecule has 0 bridgehead atoms. The number of para-hydroxylation sites is 1. The van der Waals surface area contributed by atoms with Crippen LogP contribution in [0.2, 0.25) is 5.02 Å². The molecule has 1 unspecified atom stereocenters. The number of nitro groups is 2. The van der Waals surface area contributed by atoms with E-state index in [0.29, 0.717) is 5.56 Å². The van der Waals surface area contributed by atoms with Crippen molar-refractivity contribution < 1.29 is 24.2 Å². The number of rotatable bonds is 8. The van der Waals surface area contributed by atoms with E-state index in [1.54, 1.807) is 36.4 Å². The Bertz CT molecular complexity index is 1220. The van der Waals surface area contributed by atoms with Gasteiger partial charge < -0.3 is 10.1 Å². The predicted octanol–water partition coefficient (Wildman–Crippen LogP) is 4.62. The molecule has 0 heterocycles. The second-order valence-corrected chi connectivity index (χ2v) is 7.16. The molecule has 1 atom stereocenters. The summed E-state index contributed by atoms with van der Waals surface area (Å²) in [4.78, 5) is 46.5. The van der Waals surface area contributed by atoms with Crippen molar-refractivity contribution in [2.45, 2.75) is 12.5 Å². The van der Waals surface area contributed by atoms with Gasteiger partial charge in [0.1, 0.15) is 5.02 Å². The smallest absolute Gasteiger partial charge is 0.311 e. The molecule has 168 valence electrons. The van der Waals surface area contributed by atoms with Crippen molar-refractivity contribution in [2.24, 2.45) is 0 Å². The van der Waals surface area contributed by atoms with Gasteiger partial charge in [0.2, 0.25) is 6.10 Å². The molecule has 0 aromatic heterocycles. The normalized spacial score (nSPS) is 11.3. The Labute approximate surface area is 192 Å². The number of carbonyl (C=O) groups is 2. The minimum atomic E-state index is -1.41. The van der Waals surface area contributed by atoms with E-state index in [9.17, 15) is 29.8 Å². The minimum Gasteiger partial charge on any atom is -0.447 e. The second kappa shape index (κ2) is 10.3. The molecule has 3 rings (SSSR count). The summed E-state index contributed by atoms with van der Waals surface area (Å²) in [5.74, 6) is -1.64. The number of nitro benzene ring substituents is 2. The highest BCUT2D eigenvalue weighted by Gasteiger charge is 2.27. The Balaban J connectivity index is 1.83. The van der Waals surface area contributed by atoms with Gasteiger partial charge >= 0.3 is 5.97 Å². The molecule has 11 heteroatoms. The Kier molecular flexibility index (Phi) is 7.31. The fourth-order valence-corrected chi connectivity index (χ4v) is 3.19. The van der Waals surface area contributed by atoms with E-state index in [0.717, 1.165) is 6.07 Å². The Morgan fingerprint density at radius 2 is 1.55 bits per heavy atom. The molecule has 33 heavy (non-hydrogen) atoms. The highest BCUT2D eigenvalue weighted by molar-refractivity contribution is 6.32. The quantitative estimate of drug-likeness (QED) is 0.288. The molecule has 0 saturated heterocycles. The first-order chi connectivity index (χ1) is 15.8. The number of esters is 1. The summed E-state index contributed by atoms with van der Waals surface area (Å²) in [6.45, 7) is 0. The van der Waals surface area contributed by atoms with Gasteiger partial charge in [-0.1, -0.05) is 60.1 Å².